The van der Waals surface area contributed by atoms with E-state index in [-0.39, 0.29) is 5.91 Å². The third kappa shape index (κ3) is 4.61. The van der Waals surface area contributed by atoms with Gasteiger partial charge in [0.05, 0.1) is 14.2 Å². The Kier molecular flexibility index (Phi) is 5.80. The fourth-order valence-electron chi connectivity index (χ4n) is 2.19. The lowest BCUT2D eigenvalue weighted by atomic mass is 10.1. The van der Waals surface area contributed by atoms with Gasteiger partial charge in [-0.1, -0.05) is 36.4 Å². The van der Waals surface area contributed by atoms with Gasteiger partial charge in [0.15, 0.2) is 11.5 Å². The molecular formula is C19H21NO3. The van der Waals surface area contributed by atoms with Crippen LogP contribution in [-0.2, 0) is 11.3 Å². The summed E-state index contributed by atoms with van der Waals surface area (Å²) >= 11 is 0. The number of methoxy groups -OCH3 is 2. The third-order valence-electron chi connectivity index (χ3n) is 3.46. The number of ether oxygens (including phenoxy) is 2. The summed E-state index contributed by atoms with van der Waals surface area (Å²) in [6, 6.07) is 15.4. The van der Waals surface area contributed by atoms with Crippen molar-refractivity contribution in [2.75, 3.05) is 21.3 Å². The van der Waals surface area contributed by atoms with Crippen LogP contribution >= 0.6 is 0 Å². The van der Waals surface area contributed by atoms with Crippen molar-refractivity contribution in [1.29, 1.82) is 0 Å². The first kappa shape index (κ1) is 16.6. The molecule has 0 saturated heterocycles. The summed E-state index contributed by atoms with van der Waals surface area (Å²) < 4.78 is 10.5. The largest absolute Gasteiger partial charge is 0.493 e. The van der Waals surface area contributed by atoms with E-state index >= 15 is 0 Å². The monoisotopic (exact) mass is 311 g/mol. The molecule has 0 aliphatic heterocycles. The van der Waals surface area contributed by atoms with E-state index in [4.69, 9.17) is 9.47 Å². The molecule has 0 aliphatic rings. The number of carbonyl (C=O) groups is 1. The van der Waals surface area contributed by atoms with Gasteiger partial charge in [-0.05, 0) is 29.3 Å². The highest BCUT2D eigenvalue weighted by atomic mass is 16.5. The van der Waals surface area contributed by atoms with Gasteiger partial charge in [-0.25, -0.2) is 0 Å². The molecule has 0 radical (unpaired) electrons. The molecule has 1 amide bonds. The minimum absolute atomic E-state index is 0.0522. The quantitative estimate of drug-likeness (QED) is 0.768. The normalized spacial score (nSPS) is 10.6. The van der Waals surface area contributed by atoms with E-state index in [0.717, 1.165) is 11.1 Å². The second-order valence-corrected chi connectivity index (χ2v) is 5.13. The average molecular weight is 311 g/mol. The van der Waals surface area contributed by atoms with Crippen molar-refractivity contribution >= 4 is 12.0 Å². The molecule has 0 fully saturated rings. The highest BCUT2D eigenvalue weighted by molar-refractivity contribution is 5.91. The van der Waals surface area contributed by atoms with Crippen molar-refractivity contribution in [3.05, 3.63) is 65.7 Å². The van der Waals surface area contributed by atoms with Gasteiger partial charge in [0.1, 0.15) is 0 Å². The van der Waals surface area contributed by atoms with Crippen LogP contribution in [0.25, 0.3) is 6.08 Å². The first-order valence-corrected chi connectivity index (χ1v) is 7.33. The van der Waals surface area contributed by atoms with E-state index in [1.807, 2.05) is 48.5 Å². The molecule has 23 heavy (non-hydrogen) atoms. The molecule has 2 rings (SSSR count). The van der Waals surface area contributed by atoms with Crippen molar-refractivity contribution in [2.24, 2.45) is 0 Å². The number of benzene rings is 2. The smallest absolute Gasteiger partial charge is 0.246 e. The van der Waals surface area contributed by atoms with E-state index in [2.05, 4.69) is 0 Å². The summed E-state index contributed by atoms with van der Waals surface area (Å²) in [5, 5.41) is 0. The zero-order valence-electron chi connectivity index (χ0n) is 13.7. The maximum Gasteiger partial charge on any atom is 0.246 e. The van der Waals surface area contributed by atoms with Crippen LogP contribution in [0, 0.1) is 0 Å². The molecule has 0 atom stereocenters. The lowest BCUT2D eigenvalue weighted by Gasteiger charge is -2.15. The van der Waals surface area contributed by atoms with Crippen LogP contribution in [-0.4, -0.2) is 32.1 Å². The van der Waals surface area contributed by atoms with Gasteiger partial charge >= 0.3 is 0 Å². The number of carbonyl (C=O) groups excluding carboxylic acids is 1. The second-order valence-electron chi connectivity index (χ2n) is 5.13. The maximum absolute atomic E-state index is 12.2. The van der Waals surface area contributed by atoms with Crippen LogP contribution in [0.1, 0.15) is 11.1 Å². The summed E-state index contributed by atoms with van der Waals surface area (Å²) in [4.78, 5) is 13.9. The summed E-state index contributed by atoms with van der Waals surface area (Å²) in [7, 11) is 4.97. The highest BCUT2D eigenvalue weighted by Gasteiger charge is 2.06. The Bertz CT molecular complexity index is 680. The third-order valence-corrected chi connectivity index (χ3v) is 3.46. The van der Waals surface area contributed by atoms with Crippen LogP contribution < -0.4 is 9.47 Å². The molecule has 4 nitrogen and oxygen atoms in total. The molecule has 2 aromatic rings. The van der Waals surface area contributed by atoms with E-state index in [1.165, 1.54) is 0 Å². The Labute approximate surface area is 137 Å². The molecule has 0 aliphatic carbocycles. The Hall–Kier alpha value is -2.75. The van der Waals surface area contributed by atoms with E-state index < -0.39 is 0 Å². The minimum Gasteiger partial charge on any atom is -0.493 e. The van der Waals surface area contributed by atoms with Crippen molar-refractivity contribution in [2.45, 2.75) is 6.54 Å². The predicted molar refractivity (Wildman–Crippen MR) is 91.5 cm³/mol. The minimum atomic E-state index is -0.0522. The van der Waals surface area contributed by atoms with Crippen molar-refractivity contribution in [3.63, 3.8) is 0 Å². The summed E-state index contributed by atoms with van der Waals surface area (Å²) in [6.45, 7) is 0.579. The summed E-state index contributed by atoms with van der Waals surface area (Å²) in [6.07, 6.45) is 3.33. The fraction of sp³-hybridized carbons (Fsp3) is 0.211. The number of hydrogen-bond acceptors (Lipinski definition) is 3. The van der Waals surface area contributed by atoms with Gasteiger partial charge in [-0.2, -0.15) is 0 Å². The van der Waals surface area contributed by atoms with Gasteiger partial charge in [-0.3, -0.25) is 4.79 Å². The maximum atomic E-state index is 12.2. The number of nitrogens with zero attached hydrogens (tertiary/aromatic N) is 1. The zero-order chi connectivity index (χ0) is 16.7. The Morgan fingerprint density at radius 1 is 1.04 bits per heavy atom. The molecule has 0 spiro atoms. The topological polar surface area (TPSA) is 38.8 Å². The first-order valence-electron chi connectivity index (χ1n) is 7.33. The standard InChI is InChI=1S/C19H21NO3/c1-20(14-16-7-5-4-6-8-16)19(21)12-10-15-9-11-17(22-2)18(13-15)23-3/h4-13H,14H2,1-3H3. The molecule has 0 unspecified atom stereocenters. The Morgan fingerprint density at radius 3 is 2.39 bits per heavy atom. The van der Waals surface area contributed by atoms with Crippen LogP contribution in [0.2, 0.25) is 0 Å². The molecule has 2 aromatic carbocycles. The molecule has 0 heterocycles. The van der Waals surface area contributed by atoms with E-state index in [0.29, 0.717) is 18.0 Å². The van der Waals surface area contributed by atoms with Crippen molar-refractivity contribution < 1.29 is 14.3 Å². The molecule has 0 N–H and O–H groups in total. The number of hydrogen-bond donors (Lipinski definition) is 0. The van der Waals surface area contributed by atoms with Crippen LogP contribution in [0.15, 0.2) is 54.6 Å². The zero-order valence-corrected chi connectivity index (χ0v) is 13.7. The molecule has 0 bridgehead atoms. The van der Waals surface area contributed by atoms with Gasteiger partial charge in [0.25, 0.3) is 0 Å². The van der Waals surface area contributed by atoms with Crippen molar-refractivity contribution in [1.82, 2.24) is 4.90 Å². The number of amides is 1. The number of rotatable bonds is 6. The average Bonchev–Trinajstić information content (AvgIpc) is 2.60. The van der Waals surface area contributed by atoms with Gasteiger partial charge in [0, 0.05) is 19.7 Å². The molecule has 0 aromatic heterocycles. The highest BCUT2D eigenvalue weighted by Crippen LogP contribution is 2.27. The fourth-order valence-corrected chi connectivity index (χ4v) is 2.19. The van der Waals surface area contributed by atoms with Crippen LogP contribution in [0.5, 0.6) is 11.5 Å². The lowest BCUT2D eigenvalue weighted by molar-refractivity contribution is -0.125. The SMILES string of the molecule is COc1ccc(C=CC(=O)N(C)Cc2ccccc2)cc1OC. The Balaban J connectivity index is 2.03. The summed E-state index contributed by atoms with van der Waals surface area (Å²) in [5.74, 6) is 1.25. The van der Waals surface area contributed by atoms with Gasteiger partial charge in [0.2, 0.25) is 5.91 Å². The second kappa shape index (κ2) is 8.03. The molecular weight excluding hydrogens is 290 g/mol. The van der Waals surface area contributed by atoms with Gasteiger partial charge in [-0.15, -0.1) is 0 Å². The predicted octanol–water partition coefficient (Wildman–Crippen LogP) is 3.38. The lowest BCUT2D eigenvalue weighted by Crippen LogP contribution is -2.24. The summed E-state index contributed by atoms with van der Waals surface area (Å²) in [5.41, 5.74) is 1.98. The Morgan fingerprint density at radius 2 is 1.74 bits per heavy atom. The van der Waals surface area contributed by atoms with E-state index in [1.54, 1.807) is 38.3 Å². The van der Waals surface area contributed by atoms with Crippen LogP contribution in [0.4, 0.5) is 0 Å². The first-order chi connectivity index (χ1) is 11.1. The van der Waals surface area contributed by atoms with Gasteiger partial charge < -0.3 is 14.4 Å². The van der Waals surface area contributed by atoms with E-state index in [9.17, 15) is 4.79 Å². The van der Waals surface area contributed by atoms with Crippen molar-refractivity contribution in [3.8, 4) is 11.5 Å². The molecule has 0 saturated carbocycles. The number of likely N-dealkylation sites (N-methyl/N-ethyl adjacent to an activating group) is 1. The van der Waals surface area contributed by atoms with Crippen LogP contribution in [0.3, 0.4) is 0 Å². The molecule has 4 heteroatoms. The molecule has 120 valence electrons.